The third-order valence-electron chi connectivity index (χ3n) is 3.66. The van der Waals surface area contributed by atoms with E-state index in [1.807, 2.05) is 0 Å². The Kier molecular flexibility index (Phi) is 5.16. The van der Waals surface area contributed by atoms with E-state index in [9.17, 15) is 5.11 Å². The number of hydrogen-bond donors (Lipinski definition) is 1. The average Bonchev–Trinajstić information content (AvgIpc) is 2.60. The van der Waals surface area contributed by atoms with Crippen molar-refractivity contribution in [3.05, 3.63) is 27.7 Å². The molecule has 0 spiro atoms. The molecule has 1 aromatic rings. The van der Waals surface area contributed by atoms with Gasteiger partial charge in [0, 0.05) is 15.6 Å². The molecule has 0 aliphatic heterocycles. The van der Waals surface area contributed by atoms with Crippen LogP contribution < -0.4 is 10.4 Å². The number of nitrogens with two attached hydrogens (primary N) is 1. The van der Waals surface area contributed by atoms with Gasteiger partial charge in [-0.15, -0.1) is 0 Å². The van der Waals surface area contributed by atoms with Gasteiger partial charge < -0.3 is 10.4 Å². The molecule has 2 rings (SSSR count). The minimum Gasteiger partial charge on any atom is -0.871 e. The lowest BCUT2D eigenvalue weighted by molar-refractivity contribution is -0.705. The summed E-state index contributed by atoms with van der Waals surface area (Å²) in [5.41, 5.74) is 0.719. The molecule has 18 heavy (non-hydrogen) atoms. The van der Waals surface area contributed by atoms with Crippen molar-refractivity contribution < 1.29 is 10.4 Å². The van der Waals surface area contributed by atoms with Gasteiger partial charge in [0.15, 0.2) is 0 Å². The van der Waals surface area contributed by atoms with Crippen molar-refractivity contribution in [1.82, 2.24) is 0 Å². The summed E-state index contributed by atoms with van der Waals surface area (Å²) in [7, 11) is 0. The molecule has 1 saturated carbocycles. The van der Waals surface area contributed by atoms with E-state index in [2.05, 4.69) is 5.32 Å². The van der Waals surface area contributed by atoms with E-state index in [1.54, 1.807) is 6.07 Å². The molecule has 0 aromatic heterocycles. The van der Waals surface area contributed by atoms with Gasteiger partial charge in [0.25, 0.3) is 0 Å². The van der Waals surface area contributed by atoms with Gasteiger partial charge in [0.1, 0.15) is 6.54 Å². The smallest absolute Gasteiger partial charge is 0.101 e. The number of hydrogen-bond acceptors (Lipinski definition) is 1. The molecule has 0 radical (unpaired) electrons. The summed E-state index contributed by atoms with van der Waals surface area (Å²) in [6.07, 6.45) is 7.81. The van der Waals surface area contributed by atoms with E-state index in [0.29, 0.717) is 17.6 Å². The standard InChI is InChI=1S/C14H19Cl2NO/c15-11-7-10(14(18)13(16)8-11)9-17-12-5-3-1-2-4-6-12/h7-8,12,17-18H,1-6,9H2. The van der Waals surface area contributed by atoms with Crippen molar-refractivity contribution in [3.8, 4) is 5.75 Å². The Morgan fingerprint density at radius 3 is 2.44 bits per heavy atom. The summed E-state index contributed by atoms with van der Waals surface area (Å²) in [6, 6.07) is 3.90. The van der Waals surface area contributed by atoms with Crippen LogP contribution in [0.25, 0.3) is 0 Å². The van der Waals surface area contributed by atoms with Crippen LogP contribution in [0.4, 0.5) is 0 Å². The minimum absolute atomic E-state index is 0.0778. The summed E-state index contributed by atoms with van der Waals surface area (Å²) in [5, 5.41) is 14.9. The van der Waals surface area contributed by atoms with Gasteiger partial charge >= 0.3 is 0 Å². The molecule has 0 saturated heterocycles. The Balaban J connectivity index is 1.96. The molecule has 0 bridgehead atoms. The SMILES string of the molecule is [O-]c1c(Cl)cc(Cl)cc1C[NH2+]C1CCCCCC1. The lowest BCUT2D eigenvalue weighted by atomic mass is 10.1. The lowest BCUT2D eigenvalue weighted by Crippen LogP contribution is -2.88. The van der Waals surface area contributed by atoms with Crippen LogP contribution in [0.2, 0.25) is 10.0 Å². The minimum atomic E-state index is -0.0778. The Morgan fingerprint density at radius 1 is 1.11 bits per heavy atom. The highest BCUT2D eigenvalue weighted by atomic mass is 35.5. The van der Waals surface area contributed by atoms with Gasteiger partial charge in [-0.1, -0.05) is 41.8 Å². The van der Waals surface area contributed by atoms with Crippen LogP contribution in [0.15, 0.2) is 12.1 Å². The largest absolute Gasteiger partial charge is 0.871 e. The van der Waals surface area contributed by atoms with E-state index < -0.39 is 0 Å². The number of halogens is 2. The molecule has 0 unspecified atom stereocenters. The summed E-state index contributed by atoms with van der Waals surface area (Å²) in [5.74, 6) is -0.0778. The monoisotopic (exact) mass is 287 g/mol. The van der Waals surface area contributed by atoms with Gasteiger partial charge in [-0.05, 0) is 37.8 Å². The average molecular weight is 288 g/mol. The predicted molar refractivity (Wildman–Crippen MR) is 73.0 cm³/mol. The van der Waals surface area contributed by atoms with Crippen molar-refractivity contribution in [2.24, 2.45) is 0 Å². The molecule has 1 aromatic carbocycles. The highest BCUT2D eigenvalue weighted by Crippen LogP contribution is 2.28. The van der Waals surface area contributed by atoms with Crippen LogP contribution in [0, 0.1) is 0 Å². The molecule has 100 valence electrons. The molecule has 2 nitrogen and oxygen atoms in total. The van der Waals surface area contributed by atoms with Gasteiger partial charge in [0.2, 0.25) is 0 Å². The fourth-order valence-electron chi connectivity index (χ4n) is 2.61. The first-order chi connectivity index (χ1) is 8.66. The van der Waals surface area contributed by atoms with Crippen molar-refractivity contribution in [1.29, 1.82) is 0 Å². The zero-order chi connectivity index (χ0) is 13.0. The topological polar surface area (TPSA) is 39.7 Å². The fraction of sp³-hybridized carbons (Fsp3) is 0.571. The molecule has 0 heterocycles. The summed E-state index contributed by atoms with van der Waals surface area (Å²) < 4.78 is 0. The van der Waals surface area contributed by atoms with Crippen LogP contribution in [0.5, 0.6) is 5.75 Å². The van der Waals surface area contributed by atoms with E-state index in [1.165, 1.54) is 44.6 Å². The Hall–Kier alpha value is -0.440. The number of rotatable bonds is 3. The third kappa shape index (κ3) is 3.78. The second-order valence-electron chi connectivity index (χ2n) is 5.07. The van der Waals surface area contributed by atoms with Gasteiger partial charge in [-0.25, -0.2) is 0 Å². The Labute approximate surface area is 118 Å². The maximum absolute atomic E-state index is 11.9. The van der Waals surface area contributed by atoms with Gasteiger partial charge in [-0.2, -0.15) is 0 Å². The van der Waals surface area contributed by atoms with E-state index in [0.717, 1.165) is 5.56 Å². The van der Waals surface area contributed by atoms with Crippen LogP contribution >= 0.6 is 23.2 Å². The normalized spacial score (nSPS) is 17.7. The molecule has 0 atom stereocenters. The molecule has 1 aliphatic carbocycles. The first-order valence-electron chi connectivity index (χ1n) is 6.65. The van der Waals surface area contributed by atoms with E-state index >= 15 is 0 Å². The fourth-order valence-corrected chi connectivity index (χ4v) is 3.14. The van der Waals surface area contributed by atoms with Gasteiger partial charge in [0.05, 0.1) is 6.04 Å². The lowest BCUT2D eigenvalue weighted by Gasteiger charge is -2.18. The molecule has 1 aliphatic rings. The molecule has 2 N–H and O–H groups in total. The summed E-state index contributed by atoms with van der Waals surface area (Å²) in [6.45, 7) is 0.684. The third-order valence-corrected chi connectivity index (χ3v) is 4.16. The predicted octanol–water partition coefficient (Wildman–Crippen LogP) is 2.85. The second-order valence-corrected chi connectivity index (χ2v) is 5.91. The molecule has 4 heteroatoms. The Morgan fingerprint density at radius 2 is 1.78 bits per heavy atom. The maximum Gasteiger partial charge on any atom is 0.101 e. The zero-order valence-corrected chi connectivity index (χ0v) is 11.9. The van der Waals surface area contributed by atoms with Gasteiger partial charge in [-0.3, -0.25) is 0 Å². The first-order valence-corrected chi connectivity index (χ1v) is 7.40. The van der Waals surface area contributed by atoms with E-state index in [4.69, 9.17) is 23.2 Å². The van der Waals surface area contributed by atoms with Crippen molar-refractivity contribution in [3.63, 3.8) is 0 Å². The molecule has 1 fully saturated rings. The van der Waals surface area contributed by atoms with Crippen LogP contribution in [0.3, 0.4) is 0 Å². The van der Waals surface area contributed by atoms with E-state index in [-0.39, 0.29) is 10.8 Å². The molecular formula is C14H19Cl2NO. The van der Waals surface area contributed by atoms with Crippen molar-refractivity contribution in [2.45, 2.75) is 51.1 Å². The maximum atomic E-state index is 11.9. The zero-order valence-electron chi connectivity index (χ0n) is 10.4. The Bertz CT molecular complexity index is 401. The highest BCUT2D eigenvalue weighted by Gasteiger charge is 2.15. The highest BCUT2D eigenvalue weighted by molar-refractivity contribution is 6.35. The molecular weight excluding hydrogens is 269 g/mol. The summed E-state index contributed by atoms with van der Waals surface area (Å²) >= 11 is 11.8. The number of benzene rings is 1. The van der Waals surface area contributed by atoms with Crippen molar-refractivity contribution in [2.75, 3.05) is 0 Å². The number of quaternary nitrogens is 1. The van der Waals surface area contributed by atoms with Crippen LogP contribution in [0.1, 0.15) is 44.1 Å². The van der Waals surface area contributed by atoms with Crippen molar-refractivity contribution >= 4 is 23.2 Å². The quantitative estimate of drug-likeness (QED) is 0.854. The van der Waals surface area contributed by atoms with Crippen LogP contribution in [-0.4, -0.2) is 6.04 Å². The van der Waals surface area contributed by atoms with Crippen LogP contribution in [-0.2, 0) is 6.54 Å². The molecule has 0 amide bonds. The summed E-state index contributed by atoms with van der Waals surface area (Å²) in [4.78, 5) is 0. The second kappa shape index (κ2) is 6.65. The first kappa shape index (κ1) is 14.0.